The molecule has 104 valence electrons. The van der Waals surface area contributed by atoms with Crippen LogP contribution in [0.25, 0.3) is 0 Å². The molecule has 0 N–H and O–H groups in total. The third-order valence-corrected chi connectivity index (χ3v) is 2.32. The van der Waals surface area contributed by atoms with Crippen LogP contribution in [0.2, 0.25) is 0 Å². The van der Waals surface area contributed by atoms with Gasteiger partial charge in [0.1, 0.15) is 11.6 Å². The quantitative estimate of drug-likeness (QED) is 0.294. The van der Waals surface area contributed by atoms with Crippen molar-refractivity contribution in [2.45, 2.75) is 5.92 Å². The van der Waals surface area contributed by atoms with Crippen LogP contribution >= 0.6 is 0 Å². The van der Waals surface area contributed by atoms with Gasteiger partial charge in [-0.15, -0.1) is 0 Å². The van der Waals surface area contributed by atoms with Gasteiger partial charge < -0.3 is 9.84 Å². The Morgan fingerprint density at radius 3 is 1.95 bits per heavy atom. The first kappa shape index (κ1) is 19.9. The second-order valence-electron chi connectivity index (χ2n) is 3.52. The van der Waals surface area contributed by atoms with Gasteiger partial charge in [-0.2, -0.15) is 10.5 Å². The fourth-order valence-electron chi connectivity index (χ4n) is 1.41. The van der Waals surface area contributed by atoms with E-state index in [0.717, 1.165) is 6.07 Å². The number of benzene rings is 1. The Labute approximate surface area is 159 Å². The van der Waals surface area contributed by atoms with Gasteiger partial charge in [0.05, 0.1) is 12.0 Å². The molecule has 0 saturated heterocycles. The molecule has 0 heterocycles. The number of nitrogens with zero attached hydrogens (tertiary/aromatic N) is 2. The van der Waals surface area contributed by atoms with E-state index in [1.54, 1.807) is 0 Å². The van der Waals surface area contributed by atoms with Gasteiger partial charge in [0, 0.05) is 18.1 Å². The molecule has 0 aliphatic heterocycles. The predicted molar refractivity (Wildman–Crippen MR) is 54.4 cm³/mol. The number of rotatable bonds is 4. The van der Waals surface area contributed by atoms with Crippen LogP contribution in [0.3, 0.4) is 0 Å². The predicted octanol–water partition coefficient (Wildman–Crippen LogP) is -1.43. The third-order valence-electron chi connectivity index (χ3n) is 2.32. The Kier molecular flexibility index (Phi) is 7.93. The molecule has 0 aromatic heterocycles. The van der Waals surface area contributed by atoms with Gasteiger partial charge in [0.15, 0.2) is 23.3 Å². The Bertz CT molecular complexity index is 623. The van der Waals surface area contributed by atoms with E-state index in [-0.39, 0.29) is 51.4 Å². The largest absolute Gasteiger partial charge is 1.00 e. The minimum atomic E-state index is -1.91. The van der Waals surface area contributed by atoms with E-state index in [9.17, 15) is 22.7 Å². The van der Waals surface area contributed by atoms with Crippen LogP contribution in [-0.2, 0) is 4.74 Å². The first-order chi connectivity index (χ1) is 9.34. The summed E-state index contributed by atoms with van der Waals surface area (Å²) < 4.78 is 58.2. The van der Waals surface area contributed by atoms with Crippen molar-refractivity contribution < 1.29 is 78.8 Å². The van der Waals surface area contributed by atoms with Gasteiger partial charge in [-0.1, -0.05) is 6.58 Å². The molecule has 0 radical (unpaired) electrons. The molecular weight excluding hydrogens is 319 g/mol. The summed E-state index contributed by atoms with van der Waals surface area (Å²) in [5, 5.41) is 27.6. The van der Waals surface area contributed by atoms with Crippen molar-refractivity contribution in [3.8, 4) is 12.1 Å². The Balaban J connectivity index is 0.00000400. The zero-order valence-electron chi connectivity index (χ0n) is 10.7. The molecule has 0 saturated carbocycles. The Hall–Kier alpha value is -1.10. The fraction of sp³-hybridized carbons (Fsp3) is 0.167. The molecule has 1 atom stereocenters. The molecule has 1 rings (SSSR count). The van der Waals surface area contributed by atoms with Gasteiger partial charge in [-0.3, -0.25) is 0 Å². The molecule has 4 nitrogen and oxygen atoms in total. The number of hydrogen-bond acceptors (Lipinski definition) is 4. The monoisotopic (exact) mass is 324 g/mol. The normalized spacial score (nSPS) is 10.8. The van der Waals surface area contributed by atoms with E-state index in [2.05, 4.69) is 11.3 Å². The zero-order valence-corrected chi connectivity index (χ0v) is 13.8. The second kappa shape index (κ2) is 8.37. The summed E-state index contributed by atoms with van der Waals surface area (Å²) in [5.41, 5.74) is -2.68. The molecule has 1 aromatic rings. The summed E-state index contributed by atoms with van der Waals surface area (Å²) in [6, 6.07) is 2.32. The van der Waals surface area contributed by atoms with E-state index in [0.29, 0.717) is 0 Å². The van der Waals surface area contributed by atoms with E-state index < -0.39 is 52.9 Å². The van der Waals surface area contributed by atoms with Gasteiger partial charge in [0.2, 0.25) is 0 Å². The maximum atomic E-state index is 13.6. The first-order valence-electron chi connectivity index (χ1n) is 4.99. The topological polar surface area (TPSA) is 79.9 Å². The van der Waals surface area contributed by atoms with Crippen LogP contribution in [0.5, 0.6) is 0 Å². The fourth-order valence-corrected chi connectivity index (χ4v) is 1.41. The zero-order chi connectivity index (χ0) is 15.4. The summed E-state index contributed by atoms with van der Waals surface area (Å²) in [4.78, 5) is 0. The van der Waals surface area contributed by atoms with Gasteiger partial charge >= 0.3 is 51.4 Å². The average Bonchev–Trinajstić information content (AvgIpc) is 2.40. The Morgan fingerprint density at radius 1 is 1.14 bits per heavy atom. The number of hydrogen-bond donors (Lipinski definition) is 0. The van der Waals surface area contributed by atoms with Crippen molar-refractivity contribution in [2.75, 3.05) is 6.61 Å². The minimum absolute atomic E-state index is 0. The molecule has 1 unspecified atom stereocenters. The van der Waals surface area contributed by atoms with Gasteiger partial charge in [-0.05, 0) is 0 Å². The van der Waals surface area contributed by atoms with Crippen molar-refractivity contribution in [2.24, 2.45) is 0 Å². The van der Waals surface area contributed by atoms with Gasteiger partial charge in [-0.25, -0.2) is 17.6 Å². The van der Waals surface area contributed by atoms with Crippen LogP contribution in [0.1, 0.15) is 17.0 Å². The standard InChI is InChI=1S/C12H6F4N2O2.K/c1-5(19)20-4-6(2-17)8-11(15)9(13)7(3-18)10(14)12(8)16;/h6,19H,1,4H2;/q;+1/p-1. The van der Waals surface area contributed by atoms with Crippen molar-refractivity contribution >= 4 is 0 Å². The van der Waals surface area contributed by atoms with Crippen LogP contribution in [-0.4, -0.2) is 6.61 Å². The molecule has 0 aliphatic rings. The summed E-state index contributed by atoms with van der Waals surface area (Å²) in [6.07, 6.45) is 0. The molecule has 0 fully saturated rings. The van der Waals surface area contributed by atoms with E-state index in [1.807, 2.05) is 0 Å². The molecule has 9 heteroatoms. The summed E-state index contributed by atoms with van der Waals surface area (Å²) in [6.45, 7) is 1.96. The van der Waals surface area contributed by atoms with Crippen molar-refractivity contribution in [1.82, 2.24) is 0 Å². The number of halogens is 4. The van der Waals surface area contributed by atoms with Gasteiger partial charge in [0.25, 0.3) is 0 Å². The maximum absolute atomic E-state index is 13.6. The van der Waals surface area contributed by atoms with E-state index in [1.165, 1.54) is 6.07 Å². The van der Waals surface area contributed by atoms with Crippen LogP contribution < -0.4 is 56.5 Å². The number of nitriles is 2. The molecule has 1 aromatic carbocycles. The minimum Gasteiger partial charge on any atom is -0.612 e. The summed E-state index contributed by atoms with van der Waals surface area (Å²) >= 11 is 0. The third kappa shape index (κ3) is 4.19. The Morgan fingerprint density at radius 2 is 1.62 bits per heavy atom. The van der Waals surface area contributed by atoms with Crippen molar-refractivity contribution in [3.63, 3.8) is 0 Å². The molecular formula is C12H5F4KN2O2. The van der Waals surface area contributed by atoms with E-state index in [4.69, 9.17) is 10.5 Å². The smallest absolute Gasteiger partial charge is 0.612 e. The van der Waals surface area contributed by atoms with Crippen LogP contribution in [0.15, 0.2) is 12.5 Å². The van der Waals surface area contributed by atoms with Crippen LogP contribution in [0.4, 0.5) is 17.6 Å². The number of ether oxygens (including phenoxy) is 1. The van der Waals surface area contributed by atoms with E-state index >= 15 is 0 Å². The SMILES string of the molecule is C=C([O-])OCC(C#N)c1c(F)c(F)c(C#N)c(F)c1F.[K+]. The molecule has 0 amide bonds. The average molecular weight is 324 g/mol. The molecule has 0 aliphatic carbocycles. The van der Waals surface area contributed by atoms with Crippen molar-refractivity contribution in [1.29, 1.82) is 10.5 Å². The summed E-state index contributed by atoms with van der Waals surface area (Å²) in [5.74, 6) is -10.5. The second-order valence-corrected chi connectivity index (χ2v) is 3.52. The molecule has 0 bridgehead atoms. The summed E-state index contributed by atoms with van der Waals surface area (Å²) in [7, 11) is 0. The maximum Gasteiger partial charge on any atom is 1.00 e. The van der Waals surface area contributed by atoms with Crippen molar-refractivity contribution in [3.05, 3.63) is 46.9 Å². The van der Waals surface area contributed by atoms with Crippen LogP contribution in [0, 0.1) is 45.9 Å². The first-order valence-corrected chi connectivity index (χ1v) is 4.99. The molecule has 0 spiro atoms. The molecule has 21 heavy (non-hydrogen) atoms.